The highest BCUT2D eigenvalue weighted by Gasteiger charge is 2.35. The molecule has 1 fully saturated rings. The average molecular weight is 527 g/mol. The number of hydroxylamine groups is 1. The van der Waals surface area contributed by atoms with Gasteiger partial charge >= 0.3 is 11.9 Å². The van der Waals surface area contributed by atoms with E-state index in [1.807, 2.05) is 32.0 Å². The Balaban J connectivity index is 1.58. The van der Waals surface area contributed by atoms with Gasteiger partial charge in [0.25, 0.3) is 0 Å². The molecule has 0 bridgehead atoms. The Bertz CT molecular complexity index is 1320. The Morgan fingerprint density at radius 3 is 2.63 bits per heavy atom. The first-order valence-electron chi connectivity index (χ1n) is 12.6. The number of benzene rings is 1. The van der Waals surface area contributed by atoms with Gasteiger partial charge in [-0.05, 0) is 50.8 Å². The topological polar surface area (TPSA) is 123 Å². The van der Waals surface area contributed by atoms with Gasteiger partial charge in [0.05, 0.1) is 37.9 Å². The number of rotatable bonds is 9. The van der Waals surface area contributed by atoms with E-state index in [0.717, 1.165) is 5.56 Å². The Hall–Kier alpha value is -3.86. The first-order valence-corrected chi connectivity index (χ1v) is 12.6. The van der Waals surface area contributed by atoms with Crippen LogP contribution in [0, 0.1) is 6.92 Å². The molecule has 3 aromatic rings. The second-order valence-corrected chi connectivity index (χ2v) is 9.22. The molecule has 0 radical (unpaired) electrons. The van der Waals surface area contributed by atoms with Gasteiger partial charge in [-0.1, -0.05) is 6.07 Å². The normalized spacial score (nSPS) is 19.2. The maximum absolute atomic E-state index is 13.2. The summed E-state index contributed by atoms with van der Waals surface area (Å²) in [6.45, 7) is 5.62. The number of aryl methyl sites for hydroxylation is 2. The van der Waals surface area contributed by atoms with E-state index < -0.39 is 5.97 Å². The first kappa shape index (κ1) is 27.2. The van der Waals surface area contributed by atoms with Crippen LogP contribution in [0.2, 0.25) is 0 Å². The Morgan fingerprint density at radius 1 is 1.16 bits per heavy atom. The van der Waals surface area contributed by atoms with Gasteiger partial charge in [-0.15, -0.1) is 5.48 Å². The SMILES string of the molecule is CCOc1cc([C@H]2C[C@H](OC(C)=O)CC[C@H]2NOC(=O)c2cnc3c(c(C)nn3C)c2OC)ccc1OC. The first-order chi connectivity index (χ1) is 18.3. The van der Waals surface area contributed by atoms with Crippen LogP contribution in [0.3, 0.4) is 0 Å². The van der Waals surface area contributed by atoms with Crippen molar-refractivity contribution in [2.75, 3.05) is 20.8 Å². The summed E-state index contributed by atoms with van der Waals surface area (Å²) in [5.74, 6) is 0.531. The molecule has 1 N–H and O–H groups in total. The predicted octanol–water partition coefficient (Wildman–Crippen LogP) is 3.62. The minimum Gasteiger partial charge on any atom is -0.495 e. The number of nitrogens with one attached hydrogen (secondary N) is 1. The number of pyridine rings is 1. The molecular weight excluding hydrogens is 492 g/mol. The molecule has 0 unspecified atom stereocenters. The lowest BCUT2D eigenvalue weighted by atomic mass is 9.79. The summed E-state index contributed by atoms with van der Waals surface area (Å²) in [6.07, 6.45) is 2.98. The highest BCUT2D eigenvalue weighted by atomic mass is 16.7. The molecular formula is C27H34N4O7. The number of methoxy groups -OCH3 is 2. The number of carbonyl (C=O) groups excluding carboxylic acids is 2. The van der Waals surface area contributed by atoms with E-state index in [2.05, 4.69) is 15.6 Å². The van der Waals surface area contributed by atoms with Crippen LogP contribution in [0.1, 0.15) is 60.6 Å². The minimum atomic E-state index is -0.620. The van der Waals surface area contributed by atoms with E-state index in [4.69, 9.17) is 23.8 Å². The molecule has 0 saturated heterocycles. The Labute approximate surface area is 221 Å². The number of aromatic nitrogens is 3. The van der Waals surface area contributed by atoms with E-state index in [-0.39, 0.29) is 29.6 Å². The standard InChI is InChI=1S/C27H34N4O7/c1-7-36-23-12-17(8-11-22(23)34-5)19-13-18(37-16(3)32)9-10-21(19)30-38-27(33)20-14-28-26-24(25(20)35-6)15(2)29-31(26)4/h8,11-12,14,18-19,21,30H,7,9-10,13H2,1-6H3/t18-,19-,21-/m1/s1. The van der Waals surface area contributed by atoms with Crippen molar-refractivity contribution in [1.82, 2.24) is 20.2 Å². The van der Waals surface area contributed by atoms with Crippen LogP contribution in [-0.2, 0) is 21.4 Å². The van der Waals surface area contributed by atoms with Crippen molar-refractivity contribution in [3.05, 3.63) is 41.2 Å². The minimum absolute atomic E-state index is 0.130. The van der Waals surface area contributed by atoms with Gasteiger partial charge in [0.2, 0.25) is 0 Å². The Morgan fingerprint density at radius 2 is 1.95 bits per heavy atom. The number of carbonyl (C=O) groups is 2. The van der Waals surface area contributed by atoms with Gasteiger partial charge in [-0.3, -0.25) is 9.48 Å². The highest BCUT2D eigenvalue weighted by molar-refractivity contribution is 5.99. The summed E-state index contributed by atoms with van der Waals surface area (Å²) in [4.78, 5) is 34.8. The molecule has 1 aliphatic carbocycles. The van der Waals surface area contributed by atoms with Crippen molar-refractivity contribution in [3.63, 3.8) is 0 Å². The molecule has 2 aromatic heterocycles. The van der Waals surface area contributed by atoms with Crippen LogP contribution < -0.4 is 19.7 Å². The van der Waals surface area contributed by atoms with Crippen LogP contribution in [0.15, 0.2) is 24.4 Å². The third kappa shape index (κ3) is 5.52. The van der Waals surface area contributed by atoms with E-state index in [0.29, 0.717) is 59.8 Å². The molecule has 2 heterocycles. The van der Waals surface area contributed by atoms with Gasteiger partial charge in [0, 0.05) is 26.1 Å². The maximum Gasteiger partial charge on any atom is 0.362 e. The molecule has 0 spiro atoms. The fourth-order valence-corrected chi connectivity index (χ4v) is 5.10. The van der Waals surface area contributed by atoms with Crippen LogP contribution in [-0.4, -0.2) is 59.7 Å². The summed E-state index contributed by atoms with van der Waals surface area (Å²) in [6, 6.07) is 5.48. The van der Waals surface area contributed by atoms with E-state index in [1.54, 1.807) is 18.8 Å². The lowest BCUT2D eigenvalue weighted by Crippen LogP contribution is -2.42. The lowest BCUT2D eigenvalue weighted by molar-refractivity contribution is -0.148. The van der Waals surface area contributed by atoms with Gasteiger partial charge in [-0.25, -0.2) is 9.78 Å². The second kappa shape index (κ2) is 11.7. The molecule has 38 heavy (non-hydrogen) atoms. The quantitative estimate of drug-likeness (QED) is 0.327. The molecule has 3 atom stereocenters. The van der Waals surface area contributed by atoms with E-state index in [1.165, 1.54) is 20.2 Å². The zero-order valence-corrected chi connectivity index (χ0v) is 22.6. The van der Waals surface area contributed by atoms with E-state index in [9.17, 15) is 9.59 Å². The number of hydrogen-bond donors (Lipinski definition) is 1. The van der Waals surface area contributed by atoms with Crippen molar-refractivity contribution < 1.29 is 33.4 Å². The second-order valence-electron chi connectivity index (χ2n) is 9.22. The number of nitrogens with zero attached hydrogens (tertiary/aromatic N) is 3. The smallest absolute Gasteiger partial charge is 0.362 e. The lowest BCUT2D eigenvalue weighted by Gasteiger charge is -2.36. The molecule has 11 nitrogen and oxygen atoms in total. The zero-order chi connectivity index (χ0) is 27.4. The number of fused-ring (bicyclic) bond motifs is 1. The molecule has 0 amide bonds. The average Bonchev–Trinajstić information content (AvgIpc) is 3.20. The Kier molecular flexibility index (Phi) is 8.35. The van der Waals surface area contributed by atoms with Crippen LogP contribution in [0.5, 0.6) is 17.2 Å². The van der Waals surface area contributed by atoms with Crippen LogP contribution >= 0.6 is 0 Å². The van der Waals surface area contributed by atoms with Crippen LogP contribution in [0.4, 0.5) is 0 Å². The molecule has 4 rings (SSSR count). The number of ether oxygens (including phenoxy) is 4. The summed E-state index contributed by atoms with van der Waals surface area (Å²) >= 11 is 0. The number of esters is 1. The van der Waals surface area contributed by atoms with Gasteiger partial charge < -0.3 is 23.8 Å². The molecule has 204 valence electrons. The molecule has 0 aliphatic heterocycles. The van der Waals surface area contributed by atoms with E-state index >= 15 is 0 Å². The van der Waals surface area contributed by atoms with Gasteiger partial charge in [0.15, 0.2) is 17.1 Å². The largest absolute Gasteiger partial charge is 0.495 e. The van der Waals surface area contributed by atoms with Crippen molar-refractivity contribution in [1.29, 1.82) is 0 Å². The monoisotopic (exact) mass is 526 g/mol. The molecule has 11 heteroatoms. The molecule has 1 saturated carbocycles. The van der Waals surface area contributed by atoms with Crippen LogP contribution in [0.25, 0.3) is 11.0 Å². The fraction of sp³-hybridized carbons (Fsp3) is 0.481. The van der Waals surface area contributed by atoms with Crippen molar-refractivity contribution in [2.24, 2.45) is 7.05 Å². The molecule has 1 aromatic carbocycles. The highest BCUT2D eigenvalue weighted by Crippen LogP contribution is 2.39. The van der Waals surface area contributed by atoms with Gasteiger partial charge in [0.1, 0.15) is 17.4 Å². The third-order valence-electron chi connectivity index (χ3n) is 6.76. The predicted molar refractivity (Wildman–Crippen MR) is 138 cm³/mol. The summed E-state index contributed by atoms with van der Waals surface area (Å²) in [7, 11) is 4.87. The fourth-order valence-electron chi connectivity index (χ4n) is 5.10. The van der Waals surface area contributed by atoms with Crippen molar-refractivity contribution in [2.45, 2.75) is 58.1 Å². The summed E-state index contributed by atoms with van der Waals surface area (Å²) in [5.41, 5.74) is 5.42. The molecule has 1 aliphatic rings. The van der Waals surface area contributed by atoms with Crippen molar-refractivity contribution >= 4 is 23.0 Å². The summed E-state index contributed by atoms with van der Waals surface area (Å²) < 4.78 is 23.9. The number of hydrogen-bond acceptors (Lipinski definition) is 10. The zero-order valence-electron chi connectivity index (χ0n) is 22.6. The van der Waals surface area contributed by atoms with Crippen molar-refractivity contribution in [3.8, 4) is 17.2 Å². The maximum atomic E-state index is 13.2. The third-order valence-corrected chi connectivity index (χ3v) is 6.76. The van der Waals surface area contributed by atoms with Gasteiger partial charge in [-0.2, -0.15) is 5.10 Å². The summed E-state index contributed by atoms with van der Waals surface area (Å²) in [5, 5.41) is 5.03.